The maximum Gasteiger partial charge on any atom is 0.164 e. The van der Waals surface area contributed by atoms with E-state index in [9.17, 15) is 0 Å². The van der Waals surface area contributed by atoms with Crippen LogP contribution in [-0.4, -0.2) is 29.9 Å². The van der Waals surface area contributed by atoms with Gasteiger partial charge in [0.05, 0.1) is 21.7 Å². The molecule has 0 radical (unpaired) electrons. The third kappa shape index (κ3) is 9.96. The zero-order valence-corrected chi connectivity index (χ0v) is 71.6. The lowest BCUT2D eigenvalue weighted by molar-refractivity contribution is 0.633. The Bertz CT molecular complexity index is 8490. The van der Waals surface area contributed by atoms with E-state index in [-0.39, 0.29) is 0 Å². The quantitative estimate of drug-likeness (QED) is 0.143. The lowest BCUT2D eigenvalue weighted by Gasteiger charge is -2.48. The Kier molecular flexibility index (Phi) is 15.8. The molecule has 0 saturated heterocycles. The zero-order chi connectivity index (χ0) is 86.5. The summed E-state index contributed by atoms with van der Waals surface area (Å²) in [5.74, 6) is 3.67. The van der Waals surface area contributed by atoms with E-state index in [2.05, 4.69) is 419 Å². The van der Waals surface area contributed by atoms with Crippen molar-refractivity contribution in [3.63, 3.8) is 0 Å². The molecule has 0 atom stereocenters. The molecule has 2 heterocycles. The Balaban J connectivity index is 0.561. The molecule has 0 fully saturated rings. The van der Waals surface area contributed by atoms with Gasteiger partial charge in [0.15, 0.2) is 34.9 Å². The molecule has 0 unspecified atom stereocenters. The standard InChI is InChI=1S/C126H76N6/c1-4-35-77(36-5-1)117-127-118(78-37-6-2-7-38-78)130-121(129-117)94-72-70-87(83-43-10-12-45-85(83)94)92-53-34-68-114-116(92)97-51-18-23-58-103(97)126(114)111-65-30-26-61-107(111)124(108-62-27-31-66-112(108)126)101-56-21-16-49-91(101)98-76-81(69-74-104(98)124)80-41-32-42-82(75-80)120-128-119(79-39-8-3-9-40-79)131-122(132-120)95-73-71-88(84-44-11-13-46-86(84)95)93-52-33-67-113-115(93)96-50-17-22-57-102(96)125(113)109-63-28-24-59-105(109)123(106-60-25-29-64-110(106)125)99-54-19-14-47-89(99)90-48-15-20-55-100(90)123/h1-76H. The maximum atomic E-state index is 5.62. The molecular weight excluding hydrogens is 1600 g/mol. The van der Waals surface area contributed by atoms with Crippen molar-refractivity contribution < 1.29 is 0 Å². The number of nitrogens with zero attached hydrogens (tertiary/aromatic N) is 6. The van der Waals surface area contributed by atoms with Gasteiger partial charge in [0.2, 0.25) is 0 Å². The Hall–Kier alpha value is -17.1. The van der Waals surface area contributed by atoms with Crippen molar-refractivity contribution in [1.82, 2.24) is 29.9 Å². The summed E-state index contributed by atoms with van der Waals surface area (Å²) in [6.45, 7) is 0. The minimum Gasteiger partial charge on any atom is -0.208 e. The molecular formula is C126H76N6. The Morgan fingerprint density at radius 3 is 0.712 bits per heavy atom. The van der Waals surface area contributed by atoms with Gasteiger partial charge < -0.3 is 0 Å². The van der Waals surface area contributed by atoms with Crippen LogP contribution in [-0.2, 0) is 21.7 Å². The first-order chi connectivity index (χ1) is 65.5. The van der Waals surface area contributed by atoms with E-state index in [0.29, 0.717) is 34.9 Å². The molecule has 0 N–H and O–H groups in total. The smallest absolute Gasteiger partial charge is 0.164 e. The van der Waals surface area contributed by atoms with Crippen LogP contribution in [0.3, 0.4) is 0 Å². The number of fused-ring (bicyclic) bond motifs is 34. The van der Waals surface area contributed by atoms with Gasteiger partial charge in [-0.2, -0.15) is 0 Å². The number of rotatable bonds is 9. The number of hydrogen-bond acceptors (Lipinski definition) is 6. The van der Waals surface area contributed by atoms with Crippen molar-refractivity contribution in [3.05, 3.63) is 550 Å². The van der Waals surface area contributed by atoms with Crippen LogP contribution in [0.25, 0.3) is 168 Å². The second kappa shape index (κ2) is 28.2. The maximum absolute atomic E-state index is 5.62. The van der Waals surface area contributed by atoms with Crippen LogP contribution >= 0.6 is 0 Å². The summed E-state index contributed by atoms with van der Waals surface area (Å²) in [5, 5.41) is 4.34. The molecule has 28 rings (SSSR count). The summed E-state index contributed by atoms with van der Waals surface area (Å²) < 4.78 is 0. The number of hydrogen-bond donors (Lipinski definition) is 0. The van der Waals surface area contributed by atoms with Gasteiger partial charge in [-0.05, 0) is 213 Å². The molecule has 6 nitrogen and oxygen atoms in total. The Morgan fingerprint density at radius 1 is 0.114 bits per heavy atom. The third-order valence-electron chi connectivity index (χ3n) is 29.8. The van der Waals surface area contributed by atoms with Crippen molar-refractivity contribution in [2.24, 2.45) is 0 Å². The fourth-order valence-corrected chi connectivity index (χ4v) is 24.8. The van der Waals surface area contributed by atoms with Crippen LogP contribution in [0.15, 0.2) is 461 Å². The molecule has 20 aromatic carbocycles. The Morgan fingerprint density at radius 2 is 0.341 bits per heavy atom. The zero-order valence-electron chi connectivity index (χ0n) is 71.6. The average molecular weight is 1670 g/mol. The highest BCUT2D eigenvalue weighted by Crippen LogP contribution is 2.71. The van der Waals surface area contributed by atoms with Gasteiger partial charge in [0.1, 0.15) is 0 Å². The summed E-state index contributed by atoms with van der Waals surface area (Å²) in [7, 11) is 0. The number of aromatic nitrogens is 6. The second-order valence-electron chi connectivity index (χ2n) is 35.8. The lowest BCUT2D eigenvalue weighted by Crippen LogP contribution is -2.43. The average Bonchev–Trinajstić information content (AvgIpc) is 1.50. The molecule has 4 spiro atoms. The largest absolute Gasteiger partial charge is 0.208 e. The SMILES string of the molecule is c1ccc(-c2nc(-c3cccc(-c4ccc5c(c4)-c4ccccc4C54c5ccccc5C5(c6ccccc6-c6c(-c7ccc(-c8nc(-c9ccccc9)nc(-c9ccccc9)n8)c8ccccc78)cccc65)c5ccccc54)c3)nc(-c3ccc(-c4cccc5c4-c4ccccc4C54c5ccccc5C5(c6ccccc6-c6ccccc65)c5ccccc54)c4ccccc34)n2)cc1. The first kappa shape index (κ1) is 74.1. The van der Waals surface area contributed by atoms with Crippen LogP contribution < -0.4 is 0 Å². The monoisotopic (exact) mass is 1670 g/mol. The van der Waals surface area contributed by atoms with Crippen molar-refractivity contribution in [3.8, 4) is 146 Å². The molecule has 0 aliphatic heterocycles. The fraction of sp³-hybridized carbons (Fsp3) is 0.0317. The van der Waals surface area contributed by atoms with Gasteiger partial charge in [0.25, 0.3) is 0 Å². The third-order valence-corrected chi connectivity index (χ3v) is 29.8. The van der Waals surface area contributed by atoms with E-state index in [1.54, 1.807) is 0 Å². The van der Waals surface area contributed by atoms with Crippen LogP contribution in [0.2, 0.25) is 0 Å². The minimum atomic E-state index is -0.714. The van der Waals surface area contributed by atoms with E-state index >= 15 is 0 Å². The van der Waals surface area contributed by atoms with Crippen molar-refractivity contribution in [1.29, 1.82) is 0 Å². The first-order valence-corrected chi connectivity index (χ1v) is 45.6. The van der Waals surface area contributed by atoms with Gasteiger partial charge in [0, 0.05) is 33.4 Å². The van der Waals surface area contributed by atoms with Crippen molar-refractivity contribution in [2.45, 2.75) is 21.7 Å². The van der Waals surface area contributed by atoms with Gasteiger partial charge in [-0.1, -0.05) is 437 Å². The molecule has 22 aromatic rings. The molecule has 2 aromatic heterocycles. The normalized spacial score (nSPS) is 14.2. The van der Waals surface area contributed by atoms with Gasteiger partial charge >= 0.3 is 0 Å². The van der Waals surface area contributed by atoms with Crippen molar-refractivity contribution in [2.75, 3.05) is 0 Å². The second-order valence-corrected chi connectivity index (χ2v) is 35.8. The van der Waals surface area contributed by atoms with E-state index in [4.69, 9.17) is 29.9 Å². The summed E-state index contributed by atoms with van der Waals surface area (Å²) in [4.78, 5) is 32.2. The molecule has 6 aliphatic carbocycles. The van der Waals surface area contributed by atoms with Crippen LogP contribution in [0.4, 0.5) is 0 Å². The summed E-state index contributed by atoms with van der Waals surface area (Å²) in [5.41, 5.74) is 40.3. The first-order valence-electron chi connectivity index (χ1n) is 45.6. The number of benzene rings is 20. The minimum absolute atomic E-state index is 0.539. The van der Waals surface area contributed by atoms with E-state index < -0.39 is 21.7 Å². The predicted molar refractivity (Wildman–Crippen MR) is 533 cm³/mol. The summed E-state index contributed by atoms with van der Waals surface area (Å²) in [6.07, 6.45) is 0. The molecule has 0 saturated carbocycles. The van der Waals surface area contributed by atoms with E-state index in [1.807, 2.05) is 42.5 Å². The molecule has 610 valence electrons. The van der Waals surface area contributed by atoms with E-state index in [1.165, 1.54) is 145 Å². The highest BCUT2D eigenvalue weighted by Gasteiger charge is 2.62. The molecule has 0 amide bonds. The van der Waals surface area contributed by atoms with E-state index in [0.717, 1.165) is 77.2 Å². The van der Waals surface area contributed by atoms with Gasteiger partial charge in [-0.25, -0.2) is 29.9 Å². The van der Waals surface area contributed by atoms with Crippen molar-refractivity contribution >= 4 is 21.5 Å². The molecule has 132 heavy (non-hydrogen) atoms. The Labute approximate surface area is 764 Å². The topological polar surface area (TPSA) is 77.3 Å². The lowest BCUT2D eigenvalue weighted by atomic mass is 9.52. The molecule has 0 bridgehead atoms. The van der Waals surface area contributed by atoms with Gasteiger partial charge in [-0.15, -0.1) is 0 Å². The van der Waals surface area contributed by atoms with Crippen LogP contribution in [0, 0.1) is 0 Å². The van der Waals surface area contributed by atoms with Crippen LogP contribution in [0.1, 0.15) is 89.0 Å². The fourth-order valence-electron chi connectivity index (χ4n) is 24.8. The predicted octanol–water partition coefficient (Wildman–Crippen LogP) is 29.4. The highest BCUT2D eigenvalue weighted by molar-refractivity contribution is 6.11. The molecule has 6 heteroatoms. The summed E-state index contributed by atoms with van der Waals surface area (Å²) in [6, 6.07) is 171. The highest BCUT2D eigenvalue weighted by atomic mass is 15.0. The molecule has 6 aliphatic rings. The summed E-state index contributed by atoms with van der Waals surface area (Å²) >= 11 is 0. The van der Waals surface area contributed by atoms with Crippen LogP contribution in [0.5, 0.6) is 0 Å². The van der Waals surface area contributed by atoms with Gasteiger partial charge in [-0.3, -0.25) is 0 Å².